The first-order chi connectivity index (χ1) is 7.84. The summed E-state index contributed by atoms with van der Waals surface area (Å²) in [6, 6.07) is 0. The number of aryl methyl sites for hydroxylation is 2. The van der Waals surface area contributed by atoms with E-state index in [-0.39, 0.29) is 5.91 Å². The molecule has 2 N–H and O–H groups in total. The lowest BCUT2D eigenvalue weighted by Gasteiger charge is -2.16. The van der Waals surface area contributed by atoms with Crippen LogP contribution >= 0.6 is 12.2 Å². The summed E-state index contributed by atoms with van der Waals surface area (Å²) in [5.41, 5.74) is 7.70. The molecule has 1 heterocycles. The molecule has 0 aliphatic heterocycles. The van der Waals surface area contributed by atoms with Crippen LogP contribution in [0, 0.1) is 13.8 Å². The Morgan fingerprint density at radius 1 is 1.53 bits per heavy atom. The predicted octanol–water partition coefficient (Wildman–Crippen LogP) is 0.785. The summed E-state index contributed by atoms with van der Waals surface area (Å²) in [5.74, 6) is -0.0376. The van der Waals surface area contributed by atoms with E-state index in [1.165, 1.54) is 0 Å². The van der Waals surface area contributed by atoms with Crippen molar-refractivity contribution < 1.29 is 4.79 Å². The second kappa shape index (κ2) is 5.27. The molecule has 0 spiro atoms. The molecule has 0 unspecified atom stereocenters. The maximum absolute atomic E-state index is 12.2. The number of amides is 1. The number of hydrogen-bond acceptors (Lipinski definition) is 3. The van der Waals surface area contributed by atoms with Crippen molar-refractivity contribution in [3.05, 3.63) is 17.0 Å². The molecule has 0 aromatic carbocycles. The number of rotatable bonds is 4. The van der Waals surface area contributed by atoms with E-state index in [0.717, 1.165) is 11.4 Å². The molecule has 1 amide bonds. The van der Waals surface area contributed by atoms with Crippen LogP contribution in [0.1, 0.15) is 28.2 Å². The van der Waals surface area contributed by atoms with E-state index in [1.807, 2.05) is 20.9 Å². The molecule has 1 aromatic heterocycles. The molecule has 0 radical (unpaired) electrons. The number of carbonyl (C=O) groups excluding carboxylic acids is 1. The first-order valence-corrected chi connectivity index (χ1v) is 5.79. The Balaban J connectivity index is 2.85. The van der Waals surface area contributed by atoms with Gasteiger partial charge in [-0.2, -0.15) is 5.10 Å². The Morgan fingerprint density at radius 3 is 2.53 bits per heavy atom. The molecule has 5 nitrogen and oxygen atoms in total. The molecule has 0 fully saturated rings. The minimum absolute atomic E-state index is 0.0376. The van der Waals surface area contributed by atoms with E-state index in [2.05, 4.69) is 5.10 Å². The van der Waals surface area contributed by atoms with Gasteiger partial charge in [0.05, 0.1) is 16.2 Å². The molecule has 0 saturated carbocycles. The maximum atomic E-state index is 12.2. The van der Waals surface area contributed by atoms with Gasteiger partial charge in [0.1, 0.15) is 0 Å². The van der Waals surface area contributed by atoms with Crippen molar-refractivity contribution in [1.82, 2.24) is 14.7 Å². The van der Waals surface area contributed by atoms with Crippen molar-refractivity contribution in [1.29, 1.82) is 0 Å². The molecule has 0 bridgehead atoms. The average molecular weight is 254 g/mol. The monoisotopic (exact) mass is 254 g/mol. The fraction of sp³-hybridized carbons (Fsp3) is 0.545. The van der Waals surface area contributed by atoms with Crippen molar-refractivity contribution in [3.8, 4) is 0 Å². The minimum Gasteiger partial charge on any atom is -0.393 e. The third-order valence-corrected chi connectivity index (χ3v) is 2.97. The Labute approximate surface area is 107 Å². The van der Waals surface area contributed by atoms with Gasteiger partial charge in [0.2, 0.25) is 0 Å². The van der Waals surface area contributed by atoms with Gasteiger partial charge >= 0.3 is 0 Å². The molecule has 6 heteroatoms. The van der Waals surface area contributed by atoms with Crippen LogP contribution in [0.15, 0.2) is 0 Å². The van der Waals surface area contributed by atoms with Gasteiger partial charge in [-0.15, -0.1) is 0 Å². The molecular weight excluding hydrogens is 236 g/mol. The lowest BCUT2D eigenvalue weighted by molar-refractivity contribution is 0.0797. The van der Waals surface area contributed by atoms with E-state index in [0.29, 0.717) is 23.5 Å². The molecule has 17 heavy (non-hydrogen) atoms. The van der Waals surface area contributed by atoms with Crippen LogP contribution in [0.5, 0.6) is 0 Å². The Morgan fingerprint density at radius 2 is 2.12 bits per heavy atom. The van der Waals surface area contributed by atoms with Crippen molar-refractivity contribution in [2.45, 2.75) is 20.3 Å². The van der Waals surface area contributed by atoms with Crippen molar-refractivity contribution in [2.24, 2.45) is 12.8 Å². The number of nitrogens with two attached hydrogens (primary N) is 1. The molecule has 0 aliphatic carbocycles. The predicted molar refractivity (Wildman–Crippen MR) is 71.0 cm³/mol. The van der Waals surface area contributed by atoms with E-state index < -0.39 is 0 Å². The Kier molecular flexibility index (Phi) is 4.22. The van der Waals surface area contributed by atoms with Gasteiger partial charge in [-0.1, -0.05) is 12.2 Å². The van der Waals surface area contributed by atoms with E-state index in [9.17, 15) is 4.79 Å². The molecule has 1 rings (SSSR count). The molecule has 94 valence electrons. The van der Waals surface area contributed by atoms with Crippen LogP contribution in [-0.2, 0) is 7.05 Å². The highest BCUT2D eigenvalue weighted by Crippen LogP contribution is 2.14. The number of carbonyl (C=O) groups is 1. The number of aromatic nitrogens is 2. The van der Waals surface area contributed by atoms with Gasteiger partial charge in [0.15, 0.2) is 0 Å². The van der Waals surface area contributed by atoms with Crippen molar-refractivity contribution in [3.63, 3.8) is 0 Å². The normalized spacial score (nSPS) is 10.4. The number of thiocarbonyl (C=S) groups is 1. The zero-order valence-corrected chi connectivity index (χ0v) is 11.5. The lowest BCUT2D eigenvalue weighted by Crippen LogP contribution is -2.30. The van der Waals surface area contributed by atoms with Crippen LogP contribution < -0.4 is 5.73 Å². The summed E-state index contributed by atoms with van der Waals surface area (Å²) in [7, 11) is 3.57. The molecule has 0 aliphatic rings. The number of hydrogen-bond donors (Lipinski definition) is 1. The van der Waals surface area contributed by atoms with Gasteiger partial charge in [-0.25, -0.2) is 0 Å². The van der Waals surface area contributed by atoms with Crippen molar-refractivity contribution in [2.75, 3.05) is 13.6 Å². The standard InChI is InChI=1S/C11H18N4OS/c1-7-10(8(2)15(4)13-7)11(16)14(3)6-5-9(12)17/h5-6H2,1-4H3,(H2,12,17). The maximum Gasteiger partial charge on any atom is 0.257 e. The van der Waals surface area contributed by atoms with E-state index in [1.54, 1.807) is 16.6 Å². The first kappa shape index (κ1) is 13.6. The second-order valence-electron chi connectivity index (χ2n) is 4.11. The summed E-state index contributed by atoms with van der Waals surface area (Å²) >= 11 is 4.80. The van der Waals surface area contributed by atoms with Crippen LogP contribution in [0.25, 0.3) is 0 Å². The molecule has 0 atom stereocenters. The second-order valence-corrected chi connectivity index (χ2v) is 4.64. The highest BCUT2D eigenvalue weighted by atomic mass is 32.1. The smallest absolute Gasteiger partial charge is 0.257 e. The lowest BCUT2D eigenvalue weighted by atomic mass is 10.1. The Bertz CT molecular complexity index is 453. The van der Waals surface area contributed by atoms with Gasteiger partial charge in [-0.05, 0) is 13.8 Å². The summed E-state index contributed by atoms with van der Waals surface area (Å²) in [5, 5.41) is 4.23. The summed E-state index contributed by atoms with van der Waals surface area (Å²) in [6.45, 7) is 4.25. The number of nitrogens with zero attached hydrogens (tertiary/aromatic N) is 3. The molecular formula is C11H18N4OS. The first-order valence-electron chi connectivity index (χ1n) is 5.38. The Hall–Kier alpha value is -1.43. The molecule has 0 saturated heterocycles. The summed E-state index contributed by atoms with van der Waals surface area (Å²) < 4.78 is 1.71. The fourth-order valence-electron chi connectivity index (χ4n) is 1.65. The minimum atomic E-state index is -0.0376. The summed E-state index contributed by atoms with van der Waals surface area (Å²) in [4.78, 5) is 14.2. The zero-order chi connectivity index (χ0) is 13.2. The van der Waals surface area contributed by atoms with Gasteiger partial charge < -0.3 is 10.6 Å². The van der Waals surface area contributed by atoms with Crippen LogP contribution in [0.2, 0.25) is 0 Å². The third-order valence-electron chi connectivity index (χ3n) is 2.76. The van der Waals surface area contributed by atoms with E-state index >= 15 is 0 Å². The quantitative estimate of drug-likeness (QED) is 0.807. The van der Waals surface area contributed by atoms with Gasteiger partial charge in [-0.3, -0.25) is 9.48 Å². The largest absolute Gasteiger partial charge is 0.393 e. The highest BCUT2D eigenvalue weighted by Gasteiger charge is 2.20. The SMILES string of the molecule is Cc1nn(C)c(C)c1C(=O)N(C)CCC(N)=S. The average Bonchev–Trinajstić information content (AvgIpc) is 2.49. The topological polar surface area (TPSA) is 64.2 Å². The van der Waals surface area contributed by atoms with Crippen LogP contribution in [0.3, 0.4) is 0 Å². The highest BCUT2D eigenvalue weighted by molar-refractivity contribution is 7.80. The van der Waals surface area contributed by atoms with Crippen LogP contribution in [0.4, 0.5) is 0 Å². The van der Waals surface area contributed by atoms with E-state index in [4.69, 9.17) is 18.0 Å². The fourth-order valence-corrected chi connectivity index (χ4v) is 1.74. The van der Waals surface area contributed by atoms with Gasteiger partial charge in [0, 0.05) is 32.8 Å². The summed E-state index contributed by atoms with van der Waals surface area (Å²) in [6.07, 6.45) is 0.538. The zero-order valence-electron chi connectivity index (χ0n) is 10.6. The van der Waals surface area contributed by atoms with Gasteiger partial charge in [0.25, 0.3) is 5.91 Å². The van der Waals surface area contributed by atoms with Crippen molar-refractivity contribution >= 4 is 23.1 Å². The molecule has 1 aromatic rings. The van der Waals surface area contributed by atoms with Crippen LogP contribution in [-0.4, -0.2) is 39.2 Å². The third kappa shape index (κ3) is 3.03.